The Morgan fingerprint density at radius 2 is 1.73 bits per heavy atom. The number of alkyl carbamates (subject to hydrolysis) is 1. The van der Waals surface area contributed by atoms with Crippen molar-refractivity contribution in [2.24, 2.45) is 5.92 Å². The molecule has 0 aromatic carbocycles. The number of nitrogens with one attached hydrogen (secondary N) is 2. The molecule has 0 radical (unpaired) electrons. The van der Waals surface area contributed by atoms with E-state index in [4.69, 9.17) is 4.74 Å². The molecule has 0 aliphatic rings. The van der Waals surface area contributed by atoms with Gasteiger partial charge in [-0.25, -0.2) is 4.79 Å². The molecule has 1 unspecified atom stereocenters. The molecule has 2 amide bonds. The van der Waals surface area contributed by atoms with Crippen LogP contribution >= 0.6 is 0 Å². The molecule has 0 heterocycles. The van der Waals surface area contributed by atoms with Gasteiger partial charge in [0.25, 0.3) is 0 Å². The van der Waals surface area contributed by atoms with Crippen molar-refractivity contribution in [3.05, 3.63) is 24.3 Å². The molecule has 22 heavy (non-hydrogen) atoms. The van der Waals surface area contributed by atoms with Crippen molar-refractivity contribution in [2.75, 3.05) is 6.54 Å². The molecule has 0 saturated heterocycles. The van der Waals surface area contributed by atoms with Crippen molar-refractivity contribution in [1.82, 2.24) is 10.6 Å². The molecule has 5 nitrogen and oxygen atoms in total. The maximum atomic E-state index is 11.9. The zero-order chi connectivity index (χ0) is 17.4. The third kappa shape index (κ3) is 8.49. The minimum absolute atomic E-state index is 0.140. The highest BCUT2D eigenvalue weighted by molar-refractivity contribution is 5.88. The molecular formula is C17H30N2O3. The van der Waals surface area contributed by atoms with E-state index in [2.05, 4.69) is 10.6 Å². The number of amides is 2. The Labute approximate surface area is 134 Å². The summed E-state index contributed by atoms with van der Waals surface area (Å²) in [7, 11) is 0. The number of hydrogen-bond donors (Lipinski definition) is 2. The molecule has 0 aromatic heterocycles. The van der Waals surface area contributed by atoms with Crippen molar-refractivity contribution < 1.29 is 14.3 Å². The summed E-state index contributed by atoms with van der Waals surface area (Å²) in [5.74, 6) is -0.0539. The molecule has 0 aliphatic heterocycles. The number of hydrogen-bond acceptors (Lipinski definition) is 3. The van der Waals surface area contributed by atoms with Crippen molar-refractivity contribution in [1.29, 1.82) is 0 Å². The second-order valence-electron chi connectivity index (χ2n) is 6.80. The molecule has 0 aromatic rings. The van der Waals surface area contributed by atoms with Crippen molar-refractivity contribution >= 4 is 12.0 Å². The second-order valence-corrected chi connectivity index (χ2v) is 6.80. The Balaban J connectivity index is 4.69. The normalized spacial score (nSPS) is 15.1. The third-order valence-electron chi connectivity index (χ3n) is 3.23. The SMILES string of the molecule is C/C=C/C=C/C(=O)NC(C)(CNC(=O)OC(C)(C)C)C(C)C. The smallest absolute Gasteiger partial charge is 0.407 e. The van der Waals surface area contributed by atoms with Crippen LogP contribution in [0.3, 0.4) is 0 Å². The fraction of sp³-hybridized carbons (Fsp3) is 0.647. The Morgan fingerprint density at radius 3 is 2.18 bits per heavy atom. The largest absolute Gasteiger partial charge is 0.444 e. The molecule has 0 saturated carbocycles. The summed E-state index contributed by atoms with van der Waals surface area (Å²) in [5, 5.41) is 5.66. The first-order valence-corrected chi connectivity index (χ1v) is 7.58. The van der Waals surface area contributed by atoms with Crippen molar-refractivity contribution in [2.45, 2.75) is 59.6 Å². The van der Waals surface area contributed by atoms with E-state index < -0.39 is 17.2 Å². The second kappa shape index (κ2) is 8.61. The van der Waals surface area contributed by atoms with E-state index in [-0.39, 0.29) is 11.8 Å². The summed E-state index contributed by atoms with van der Waals surface area (Å²) in [6, 6.07) is 0. The van der Waals surface area contributed by atoms with E-state index in [0.717, 1.165) is 0 Å². The van der Waals surface area contributed by atoms with Crippen molar-refractivity contribution in [3.8, 4) is 0 Å². The van der Waals surface area contributed by atoms with Crippen molar-refractivity contribution in [3.63, 3.8) is 0 Å². The van der Waals surface area contributed by atoms with Crippen LogP contribution in [-0.2, 0) is 9.53 Å². The van der Waals surface area contributed by atoms with Crippen LogP contribution in [0.2, 0.25) is 0 Å². The lowest BCUT2D eigenvalue weighted by Gasteiger charge is -2.35. The number of carbonyl (C=O) groups is 2. The highest BCUT2D eigenvalue weighted by Gasteiger charge is 2.30. The topological polar surface area (TPSA) is 67.4 Å². The number of ether oxygens (including phenoxy) is 1. The van der Waals surface area contributed by atoms with E-state index in [1.807, 2.05) is 54.5 Å². The number of carbonyl (C=O) groups excluding carboxylic acids is 2. The van der Waals surface area contributed by atoms with Gasteiger partial charge in [-0.05, 0) is 40.5 Å². The molecule has 126 valence electrons. The summed E-state index contributed by atoms with van der Waals surface area (Å²) < 4.78 is 5.21. The third-order valence-corrected chi connectivity index (χ3v) is 3.23. The van der Waals surface area contributed by atoms with Crippen LogP contribution in [0.1, 0.15) is 48.5 Å². The van der Waals surface area contributed by atoms with Crippen LogP contribution in [0, 0.1) is 5.92 Å². The van der Waals surface area contributed by atoms with E-state index >= 15 is 0 Å². The van der Waals surface area contributed by atoms with Crippen LogP contribution in [-0.4, -0.2) is 29.7 Å². The molecule has 0 fully saturated rings. The molecule has 0 bridgehead atoms. The molecule has 5 heteroatoms. The van der Waals surface area contributed by atoms with Crippen LogP contribution in [0.25, 0.3) is 0 Å². The standard InChI is InChI=1S/C17H30N2O3/c1-8-9-10-11-14(20)19-17(7,13(2)3)12-18-15(21)22-16(4,5)6/h8-11,13H,12H2,1-7H3,(H,18,21)(H,19,20)/b9-8+,11-10+. The lowest BCUT2D eigenvalue weighted by atomic mass is 9.88. The van der Waals surface area contributed by atoms with Gasteiger partial charge in [0, 0.05) is 12.6 Å². The van der Waals surface area contributed by atoms with Gasteiger partial charge in [-0.15, -0.1) is 0 Å². The van der Waals surface area contributed by atoms with E-state index in [0.29, 0.717) is 6.54 Å². The maximum absolute atomic E-state index is 11.9. The molecule has 0 rings (SSSR count). The van der Waals surface area contributed by atoms with Gasteiger partial charge in [-0.1, -0.05) is 32.1 Å². The summed E-state index contributed by atoms with van der Waals surface area (Å²) in [6.07, 6.45) is 6.28. The summed E-state index contributed by atoms with van der Waals surface area (Å²) in [6.45, 7) is 13.5. The average Bonchev–Trinajstić information content (AvgIpc) is 2.34. The Bertz CT molecular complexity index is 434. The first kappa shape index (κ1) is 20.2. The lowest BCUT2D eigenvalue weighted by molar-refractivity contribution is -0.118. The predicted octanol–water partition coefficient (Wildman–Crippen LogP) is 3.17. The van der Waals surface area contributed by atoms with Gasteiger partial charge in [0.1, 0.15) is 5.60 Å². The van der Waals surface area contributed by atoms with Crippen LogP contribution in [0.5, 0.6) is 0 Å². The van der Waals surface area contributed by atoms with Gasteiger partial charge in [-0.3, -0.25) is 4.79 Å². The average molecular weight is 310 g/mol. The minimum atomic E-state index is -0.561. The number of rotatable bonds is 6. The Morgan fingerprint density at radius 1 is 1.14 bits per heavy atom. The predicted molar refractivity (Wildman–Crippen MR) is 89.6 cm³/mol. The minimum Gasteiger partial charge on any atom is -0.444 e. The number of allylic oxidation sites excluding steroid dienone is 3. The molecule has 0 aliphatic carbocycles. The van der Waals surface area contributed by atoms with Crippen LogP contribution in [0.15, 0.2) is 24.3 Å². The van der Waals surface area contributed by atoms with Gasteiger partial charge >= 0.3 is 6.09 Å². The molecule has 2 N–H and O–H groups in total. The first-order chi connectivity index (χ1) is 10.00. The monoisotopic (exact) mass is 310 g/mol. The summed E-state index contributed by atoms with van der Waals surface area (Å²) in [4.78, 5) is 23.7. The maximum Gasteiger partial charge on any atom is 0.407 e. The van der Waals surface area contributed by atoms with Gasteiger partial charge in [0.2, 0.25) is 5.91 Å². The molecular weight excluding hydrogens is 280 g/mol. The van der Waals surface area contributed by atoms with E-state index in [1.54, 1.807) is 12.2 Å². The molecule has 1 atom stereocenters. The Hall–Kier alpha value is -1.78. The van der Waals surface area contributed by atoms with Gasteiger partial charge in [-0.2, -0.15) is 0 Å². The molecule has 0 spiro atoms. The van der Waals surface area contributed by atoms with Crippen LogP contribution < -0.4 is 10.6 Å². The zero-order valence-electron chi connectivity index (χ0n) is 14.8. The quantitative estimate of drug-likeness (QED) is 0.585. The van der Waals surface area contributed by atoms with Gasteiger partial charge in [0.15, 0.2) is 0 Å². The summed E-state index contributed by atoms with van der Waals surface area (Å²) in [5.41, 5.74) is -1.11. The fourth-order valence-electron chi connectivity index (χ4n) is 1.54. The van der Waals surface area contributed by atoms with E-state index in [1.165, 1.54) is 6.08 Å². The van der Waals surface area contributed by atoms with Gasteiger partial charge < -0.3 is 15.4 Å². The van der Waals surface area contributed by atoms with E-state index in [9.17, 15) is 9.59 Å². The fourth-order valence-corrected chi connectivity index (χ4v) is 1.54. The highest BCUT2D eigenvalue weighted by Crippen LogP contribution is 2.16. The van der Waals surface area contributed by atoms with Gasteiger partial charge in [0.05, 0.1) is 5.54 Å². The zero-order valence-corrected chi connectivity index (χ0v) is 14.8. The highest BCUT2D eigenvalue weighted by atomic mass is 16.6. The first-order valence-electron chi connectivity index (χ1n) is 7.58. The lowest BCUT2D eigenvalue weighted by Crippen LogP contribution is -2.56. The van der Waals surface area contributed by atoms with Crippen LogP contribution in [0.4, 0.5) is 4.79 Å². The summed E-state index contributed by atoms with van der Waals surface area (Å²) >= 11 is 0. The Kier molecular flexibility index (Phi) is 7.91.